The Balaban J connectivity index is 2.29. The van der Waals surface area contributed by atoms with Crippen molar-refractivity contribution < 1.29 is 14.3 Å². The Labute approximate surface area is 144 Å². The van der Waals surface area contributed by atoms with Gasteiger partial charge in [0.05, 0.1) is 35.7 Å². The number of amides is 1. The van der Waals surface area contributed by atoms with Gasteiger partial charge in [-0.2, -0.15) is 0 Å². The average molecular weight is 355 g/mol. The summed E-state index contributed by atoms with van der Waals surface area (Å²) in [6.45, 7) is 2.41. The van der Waals surface area contributed by atoms with E-state index in [-0.39, 0.29) is 16.3 Å². The van der Waals surface area contributed by atoms with E-state index in [1.165, 1.54) is 19.2 Å². The highest BCUT2D eigenvalue weighted by Gasteiger charge is 2.17. The molecule has 2 rings (SSSR count). The molecule has 0 aliphatic heterocycles. The van der Waals surface area contributed by atoms with Crippen molar-refractivity contribution in [1.82, 2.24) is 0 Å². The number of hydrogen-bond donors (Lipinski definition) is 2. The van der Waals surface area contributed by atoms with Crippen LogP contribution in [0.25, 0.3) is 0 Å². The van der Waals surface area contributed by atoms with Gasteiger partial charge in [-0.3, -0.25) is 4.79 Å². The number of methoxy groups -OCH3 is 1. The molecule has 0 spiro atoms. The van der Waals surface area contributed by atoms with Gasteiger partial charge in [-0.1, -0.05) is 23.2 Å². The van der Waals surface area contributed by atoms with E-state index in [9.17, 15) is 4.79 Å². The normalized spacial score (nSPS) is 10.3. The Kier molecular flexibility index (Phi) is 5.58. The summed E-state index contributed by atoms with van der Waals surface area (Å²) in [6, 6.07) is 8.01. The fourth-order valence-corrected chi connectivity index (χ4v) is 2.61. The van der Waals surface area contributed by atoms with E-state index < -0.39 is 5.91 Å². The molecule has 2 aromatic carbocycles. The first-order chi connectivity index (χ1) is 11.0. The van der Waals surface area contributed by atoms with Gasteiger partial charge in [0.15, 0.2) is 0 Å². The highest BCUT2D eigenvalue weighted by atomic mass is 35.5. The van der Waals surface area contributed by atoms with Crippen molar-refractivity contribution in [3.63, 3.8) is 0 Å². The summed E-state index contributed by atoms with van der Waals surface area (Å²) in [7, 11) is 1.43. The molecule has 0 unspecified atom stereocenters. The van der Waals surface area contributed by atoms with E-state index in [4.69, 9.17) is 38.4 Å². The summed E-state index contributed by atoms with van der Waals surface area (Å²) >= 11 is 12.0. The third-order valence-electron chi connectivity index (χ3n) is 3.04. The van der Waals surface area contributed by atoms with Gasteiger partial charge in [0.2, 0.25) is 0 Å². The minimum atomic E-state index is -0.429. The molecule has 0 fully saturated rings. The predicted octanol–water partition coefficient (Wildman–Crippen LogP) is 4.24. The van der Waals surface area contributed by atoms with E-state index in [2.05, 4.69) is 5.32 Å². The van der Waals surface area contributed by atoms with Gasteiger partial charge >= 0.3 is 0 Å². The lowest BCUT2D eigenvalue weighted by atomic mass is 10.1. The van der Waals surface area contributed by atoms with Crippen LogP contribution in [-0.4, -0.2) is 19.6 Å². The number of carbonyl (C=O) groups is 1. The molecule has 0 saturated heterocycles. The minimum Gasteiger partial charge on any atom is -0.494 e. The minimum absolute atomic E-state index is 0.221. The van der Waals surface area contributed by atoms with Crippen molar-refractivity contribution >= 4 is 40.5 Å². The lowest BCUT2D eigenvalue weighted by molar-refractivity contribution is 0.102. The molecule has 0 saturated carbocycles. The van der Waals surface area contributed by atoms with Gasteiger partial charge in [-0.05, 0) is 31.2 Å². The Hall–Kier alpha value is -2.11. The number of anilines is 2. The largest absolute Gasteiger partial charge is 0.494 e. The van der Waals surface area contributed by atoms with E-state index in [0.717, 1.165) is 0 Å². The van der Waals surface area contributed by atoms with Crippen LogP contribution in [0.2, 0.25) is 10.0 Å². The van der Waals surface area contributed by atoms with Crippen LogP contribution in [0.1, 0.15) is 17.3 Å². The van der Waals surface area contributed by atoms with Crippen LogP contribution in [0.5, 0.6) is 11.5 Å². The summed E-state index contributed by atoms with van der Waals surface area (Å²) in [5.41, 5.74) is 6.99. The summed E-state index contributed by atoms with van der Waals surface area (Å²) in [6.07, 6.45) is 0. The molecule has 5 nitrogen and oxygen atoms in total. The summed E-state index contributed by atoms with van der Waals surface area (Å²) in [5.74, 6) is 0.451. The molecule has 0 bridgehead atoms. The SMILES string of the molecule is CCOc1ccc(NC(=O)c2cc(Cl)cc(Cl)c2OC)c(N)c1. The lowest BCUT2D eigenvalue weighted by Crippen LogP contribution is -2.14. The van der Waals surface area contributed by atoms with Crippen LogP contribution >= 0.6 is 23.2 Å². The van der Waals surface area contributed by atoms with Crippen LogP contribution in [0, 0.1) is 0 Å². The van der Waals surface area contributed by atoms with Crippen molar-refractivity contribution in [2.75, 3.05) is 24.8 Å². The number of carbonyl (C=O) groups excluding carboxylic acids is 1. The molecule has 1 amide bonds. The second-order valence-corrected chi connectivity index (χ2v) is 5.45. The molecule has 3 N–H and O–H groups in total. The molecule has 0 aromatic heterocycles. The van der Waals surface area contributed by atoms with Crippen molar-refractivity contribution in [2.45, 2.75) is 6.92 Å². The summed E-state index contributed by atoms with van der Waals surface area (Å²) in [4.78, 5) is 12.5. The zero-order valence-corrected chi connectivity index (χ0v) is 14.2. The highest BCUT2D eigenvalue weighted by Crippen LogP contribution is 2.33. The van der Waals surface area contributed by atoms with Gasteiger partial charge in [0.25, 0.3) is 5.91 Å². The molecule has 23 heavy (non-hydrogen) atoms. The molecule has 2 aromatic rings. The first-order valence-corrected chi connectivity index (χ1v) is 7.58. The van der Waals surface area contributed by atoms with Crippen LogP contribution < -0.4 is 20.5 Å². The molecule has 0 radical (unpaired) electrons. The Bertz CT molecular complexity index is 736. The number of nitrogens with two attached hydrogens (primary N) is 1. The molecular weight excluding hydrogens is 339 g/mol. The predicted molar refractivity (Wildman–Crippen MR) is 93.0 cm³/mol. The second-order valence-electron chi connectivity index (χ2n) is 4.60. The van der Waals surface area contributed by atoms with Crippen LogP contribution in [0.4, 0.5) is 11.4 Å². The number of halogens is 2. The number of ether oxygens (including phenoxy) is 2. The summed E-state index contributed by atoms with van der Waals surface area (Å²) < 4.78 is 10.5. The topological polar surface area (TPSA) is 73.6 Å². The van der Waals surface area contributed by atoms with E-state index in [0.29, 0.717) is 28.8 Å². The standard InChI is InChI=1S/C16H16Cl2N2O3/c1-3-23-10-4-5-14(13(19)8-10)20-16(21)11-6-9(17)7-12(18)15(11)22-2/h4-8H,3,19H2,1-2H3,(H,20,21). The maximum atomic E-state index is 12.5. The fourth-order valence-electron chi connectivity index (χ4n) is 2.04. The molecule has 0 aliphatic rings. The molecule has 0 aliphatic carbocycles. The first-order valence-electron chi connectivity index (χ1n) is 6.83. The smallest absolute Gasteiger partial charge is 0.259 e. The molecule has 7 heteroatoms. The number of benzene rings is 2. The summed E-state index contributed by atoms with van der Waals surface area (Å²) in [5, 5.41) is 3.30. The number of nitrogen functional groups attached to an aromatic ring is 1. The quantitative estimate of drug-likeness (QED) is 0.787. The second kappa shape index (κ2) is 7.44. The Morgan fingerprint density at radius 1 is 1.26 bits per heavy atom. The first kappa shape index (κ1) is 17.2. The van der Waals surface area contributed by atoms with Crippen LogP contribution in [-0.2, 0) is 0 Å². The van der Waals surface area contributed by atoms with Gasteiger partial charge in [0, 0.05) is 11.1 Å². The maximum Gasteiger partial charge on any atom is 0.259 e. The van der Waals surface area contributed by atoms with Crippen LogP contribution in [0.15, 0.2) is 30.3 Å². The van der Waals surface area contributed by atoms with Gasteiger partial charge in [-0.25, -0.2) is 0 Å². The Morgan fingerprint density at radius 2 is 2.00 bits per heavy atom. The number of hydrogen-bond acceptors (Lipinski definition) is 4. The average Bonchev–Trinajstić information content (AvgIpc) is 2.49. The molecule has 0 heterocycles. The maximum absolute atomic E-state index is 12.5. The van der Waals surface area contributed by atoms with Crippen molar-refractivity contribution in [3.05, 3.63) is 45.9 Å². The molecule has 122 valence electrons. The van der Waals surface area contributed by atoms with Crippen molar-refractivity contribution in [1.29, 1.82) is 0 Å². The zero-order valence-electron chi connectivity index (χ0n) is 12.7. The number of nitrogens with one attached hydrogen (secondary N) is 1. The van der Waals surface area contributed by atoms with E-state index >= 15 is 0 Å². The zero-order chi connectivity index (χ0) is 17.0. The van der Waals surface area contributed by atoms with Crippen molar-refractivity contribution in [3.8, 4) is 11.5 Å². The van der Waals surface area contributed by atoms with E-state index in [1.54, 1.807) is 18.2 Å². The third-order valence-corrected chi connectivity index (χ3v) is 3.54. The fraction of sp³-hybridized carbons (Fsp3) is 0.188. The monoisotopic (exact) mass is 354 g/mol. The van der Waals surface area contributed by atoms with Gasteiger partial charge in [-0.15, -0.1) is 0 Å². The lowest BCUT2D eigenvalue weighted by Gasteiger charge is -2.13. The van der Waals surface area contributed by atoms with Gasteiger partial charge < -0.3 is 20.5 Å². The third kappa shape index (κ3) is 4.00. The number of rotatable bonds is 5. The molecular formula is C16H16Cl2N2O3. The van der Waals surface area contributed by atoms with E-state index in [1.807, 2.05) is 6.92 Å². The Morgan fingerprint density at radius 3 is 2.61 bits per heavy atom. The van der Waals surface area contributed by atoms with Crippen LogP contribution in [0.3, 0.4) is 0 Å². The molecule has 0 atom stereocenters. The van der Waals surface area contributed by atoms with Gasteiger partial charge in [0.1, 0.15) is 11.5 Å². The van der Waals surface area contributed by atoms with Crippen molar-refractivity contribution in [2.24, 2.45) is 0 Å². The highest BCUT2D eigenvalue weighted by molar-refractivity contribution is 6.36.